The molecule has 0 aromatic carbocycles. The Bertz CT molecular complexity index is 501. The summed E-state index contributed by atoms with van der Waals surface area (Å²) in [5.74, 6) is 1.65. The van der Waals surface area contributed by atoms with Crippen LogP contribution in [0.2, 0.25) is 0 Å². The second-order valence-corrected chi connectivity index (χ2v) is 4.49. The summed E-state index contributed by atoms with van der Waals surface area (Å²) in [6.07, 6.45) is 4.39. The standard InChI is InChI=1S/C9H9BrN4/c10-6-4-14-8(3-7(6)11)12-13-9(14)5-1-2-5/h3-5H,1-2,11H2. The largest absolute Gasteiger partial charge is 0.398 e. The molecule has 5 heteroatoms. The van der Waals surface area contributed by atoms with Gasteiger partial charge in [0.1, 0.15) is 5.82 Å². The summed E-state index contributed by atoms with van der Waals surface area (Å²) in [6, 6.07) is 1.84. The number of nitrogen functional groups attached to an aromatic ring is 1. The predicted molar refractivity (Wildman–Crippen MR) is 57.1 cm³/mol. The number of nitrogens with zero attached hydrogens (tertiary/aromatic N) is 3. The van der Waals surface area contributed by atoms with Crippen LogP contribution in [0.15, 0.2) is 16.7 Å². The highest BCUT2D eigenvalue weighted by atomic mass is 79.9. The Labute approximate surface area is 89.3 Å². The first kappa shape index (κ1) is 8.23. The van der Waals surface area contributed by atoms with Crippen molar-refractivity contribution in [2.24, 2.45) is 0 Å². The topological polar surface area (TPSA) is 56.2 Å². The predicted octanol–water partition coefficient (Wildman–Crippen LogP) is 1.95. The lowest BCUT2D eigenvalue weighted by molar-refractivity contribution is 0.896. The van der Waals surface area contributed by atoms with Gasteiger partial charge >= 0.3 is 0 Å². The zero-order valence-electron chi connectivity index (χ0n) is 7.44. The van der Waals surface area contributed by atoms with Crippen molar-refractivity contribution in [1.29, 1.82) is 0 Å². The Morgan fingerprint density at radius 1 is 1.43 bits per heavy atom. The van der Waals surface area contributed by atoms with E-state index in [1.807, 2.05) is 16.7 Å². The molecule has 0 amide bonds. The maximum atomic E-state index is 5.76. The molecule has 14 heavy (non-hydrogen) atoms. The number of aromatic nitrogens is 3. The molecular formula is C9H9BrN4. The maximum Gasteiger partial charge on any atom is 0.162 e. The van der Waals surface area contributed by atoms with Crippen molar-refractivity contribution < 1.29 is 0 Å². The summed E-state index contributed by atoms with van der Waals surface area (Å²) in [7, 11) is 0. The minimum Gasteiger partial charge on any atom is -0.398 e. The van der Waals surface area contributed by atoms with Crippen molar-refractivity contribution in [1.82, 2.24) is 14.6 Å². The zero-order valence-corrected chi connectivity index (χ0v) is 9.03. The first-order valence-electron chi connectivity index (χ1n) is 4.55. The van der Waals surface area contributed by atoms with Crippen molar-refractivity contribution in [3.8, 4) is 0 Å². The summed E-state index contributed by atoms with van der Waals surface area (Å²) in [4.78, 5) is 0. The number of pyridine rings is 1. The third kappa shape index (κ3) is 1.12. The molecular weight excluding hydrogens is 244 g/mol. The van der Waals surface area contributed by atoms with Crippen LogP contribution in [0, 0.1) is 0 Å². The van der Waals surface area contributed by atoms with Crippen molar-refractivity contribution in [2.75, 3.05) is 5.73 Å². The number of halogens is 1. The van der Waals surface area contributed by atoms with Gasteiger partial charge in [-0.2, -0.15) is 0 Å². The number of nitrogens with two attached hydrogens (primary N) is 1. The summed E-state index contributed by atoms with van der Waals surface area (Å²) < 4.78 is 2.91. The summed E-state index contributed by atoms with van der Waals surface area (Å²) in [5.41, 5.74) is 7.29. The van der Waals surface area contributed by atoms with Gasteiger partial charge in [0.05, 0.1) is 10.2 Å². The van der Waals surface area contributed by atoms with Gasteiger partial charge in [0.2, 0.25) is 0 Å². The second kappa shape index (κ2) is 2.70. The van der Waals surface area contributed by atoms with E-state index < -0.39 is 0 Å². The molecule has 72 valence electrons. The van der Waals surface area contributed by atoms with Gasteiger partial charge < -0.3 is 5.73 Å². The Morgan fingerprint density at radius 3 is 2.93 bits per heavy atom. The first-order valence-corrected chi connectivity index (χ1v) is 5.34. The van der Waals surface area contributed by atoms with Crippen LogP contribution in [0.3, 0.4) is 0 Å². The van der Waals surface area contributed by atoms with E-state index >= 15 is 0 Å². The van der Waals surface area contributed by atoms with Crippen LogP contribution >= 0.6 is 15.9 Å². The van der Waals surface area contributed by atoms with Gasteiger partial charge in [-0.25, -0.2) is 0 Å². The highest BCUT2D eigenvalue weighted by Gasteiger charge is 2.28. The Morgan fingerprint density at radius 2 is 2.21 bits per heavy atom. The fourth-order valence-corrected chi connectivity index (χ4v) is 1.88. The van der Waals surface area contributed by atoms with E-state index in [4.69, 9.17) is 5.73 Å². The molecule has 0 atom stereocenters. The Kier molecular flexibility index (Phi) is 1.58. The Hall–Kier alpha value is -1.10. The minimum absolute atomic E-state index is 0.598. The molecule has 2 aromatic heterocycles. The Balaban J connectivity index is 2.29. The molecule has 2 heterocycles. The monoisotopic (exact) mass is 252 g/mol. The molecule has 1 aliphatic rings. The van der Waals surface area contributed by atoms with Gasteiger partial charge in [-0.15, -0.1) is 10.2 Å². The molecule has 0 spiro atoms. The molecule has 0 radical (unpaired) electrons. The van der Waals surface area contributed by atoms with Crippen molar-refractivity contribution in [2.45, 2.75) is 18.8 Å². The minimum atomic E-state index is 0.598. The van der Waals surface area contributed by atoms with E-state index in [0.29, 0.717) is 11.6 Å². The van der Waals surface area contributed by atoms with Crippen LogP contribution in [-0.2, 0) is 0 Å². The summed E-state index contributed by atoms with van der Waals surface area (Å²) in [5, 5.41) is 8.27. The van der Waals surface area contributed by atoms with Crippen molar-refractivity contribution >= 4 is 27.3 Å². The van der Waals surface area contributed by atoms with Crippen LogP contribution in [-0.4, -0.2) is 14.6 Å². The summed E-state index contributed by atoms with van der Waals surface area (Å²) in [6.45, 7) is 0. The molecule has 4 nitrogen and oxygen atoms in total. The van der Waals surface area contributed by atoms with Crippen LogP contribution in [0.1, 0.15) is 24.6 Å². The van der Waals surface area contributed by atoms with E-state index in [1.54, 1.807) is 0 Å². The molecule has 1 fully saturated rings. The van der Waals surface area contributed by atoms with E-state index in [9.17, 15) is 0 Å². The fourth-order valence-electron chi connectivity index (χ4n) is 1.56. The number of anilines is 1. The van der Waals surface area contributed by atoms with Gasteiger partial charge in [-0.1, -0.05) is 0 Å². The molecule has 0 unspecified atom stereocenters. The van der Waals surface area contributed by atoms with E-state index in [0.717, 1.165) is 15.9 Å². The third-order valence-electron chi connectivity index (χ3n) is 2.49. The van der Waals surface area contributed by atoms with Crippen LogP contribution in [0.5, 0.6) is 0 Å². The average Bonchev–Trinajstić information content (AvgIpc) is 2.91. The van der Waals surface area contributed by atoms with Crippen molar-refractivity contribution in [3.63, 3.8) is 0 Å². The van der Waals surface area contributed by atoms with E-state index in [-0.39, 0.29) is 0 Å². The van der Waals surface area contributed by atoms with Crippen molar-refractivity contribution in [3.05, 3.63) is 22.6 Å². The number of rotatable bonds is 1. The van der Waals surface area contributed by atoms with Gasteiger partial charge in [-0.3, -0.25) is 4.40 Å². The molecule has 1 saturated carbocycles. The lowest BCUT2D eigenvalue weighted by Gasteiger charge is -2.00. The quantitative estimate of drug-likeness (QED) is 0.845. The van der Waals surface area contributed by atoms with Gasteiger partial charge in [-0.05, 0) is 28.8 Å². The van der Waals surface area contributed by atoms with E-state index in [1.165, 1.54) is 12.8 Å². The lowest BCUT2D eigenvalue weighted by atomic mass is 10.3. The smallest absolute Gasteiger partial charge is 0.162 e. The summed E-state index contributed by atoms with van der Waals surface area (Å²) >= 11 is 3.40. The van der Waals surface area contributed by atoms with Gasteiger partial charge in [0.25, 0.3) is 0 Å². The third-order valence-corrected chi connectivity index (χ3v) is 3.16. The van der Waals surface area contributed by atoms with Crippen LogP contribution in [0.4, 0.5) is 5.69 Å². The van der Waals surface area contributed by atoms with Crippen LogP contribution < -0.4 is 5.73 Å². The molecule has 2 aromatic rings. The second-order valence-electron chi connectivity index (χ2n) is 3.64. The molecule has 0 bridgehead atoms. The molecule has 3 rings (SSSR count). The van der Waals surface area contributed by atoms with Gasteiger partial charge in [0, 0.05) is 18.2 Å². The number of hydrogen-bond acceptors (Lipinski definition) is 3. The van der Waals surface area contributed by atoms with Gasteiger partial charge in [0.15, 0.2) is 5.65 Å². The number of hydrogen-bond donors (Lipinski definition) is 1. The molecule has 2 N–H and O–H groups in total. The molecule has 0 saturated heterocycles. The van der Waals surface area contributed by atoms with E-state index in [2.05, 4.69) is 26.1 Å². The SMILES string of the molecule is Nc1cc2nnc(C3CC3)n2cc1Br. The highest BCUT2D eigenvalue weighted by Crippen LogP contribution is 2.39. The fraction of sp³-hybridized carbons (Fsp3) is 0.333. The number of fused-ring (bicyclic) bond motifs is 1. The molecule has 1 aliphatic carbocycles. The average molecular weight is 253 g/mol. The normalized spacial score (nSPS) is 16.4. The lowest BCUT2D eigenvalue weighted by Crippen LogP contribution is -1.95. The molecule has 0 aliphatic heterocycles. The highest BCUT2D eigenvalue weighted by molar-refractivity contribution is 9.10. The van der Waals surface area contributed by atoms with Crippen LogP contribution in [0.25, 0.3) is 5.65 Å². The maximum absolute atomic E-state index is 5.76. The zero-order chi connectivity index (χ0) is 9.71. The first-order chi connectivity index (χ1) is 6.75.